The number of aliphatic carboxylic acids is 1. The van der Waals surface area contributed by atoms with Crippen molar-refractivity contribution in [3.05, 3.63) is 42.0 Å². The van der Waals surface area contributed by atoms with E-state index < -0.39 is 12.1 Å². The molecule has 0 bridgehead atoms. The van der Waals surface area contributed by atoms with Crippen LogP contribution in [0.3, 0.4) is 0 Å². The Morgan fingerprint density at radius 2 is 1.65 bits per heavy atom. The molecular weight excluding hydrogens is 537 g/mol. The first-order chi connectivity index (χ1) is 19.0. The number of ether oxygens (including phenoxy) is 3. The third-order valence-electron chi connectivity index (χ3n) is 6.39. The molecule has 0 spiro atoms. The van der Waals surface area contributed by atoms with E-state index in [-0.39, 0.29) is 23.6 Å². The Labute approximate surface area is 227 Å². The Kier molecular flexibility index (Phi) is 9.30. The molecule has 2 aliphatic heterocycles. The van der Waals surface area contributed by atoms with E-state index in [0.29, 0.717) is 36.5 Å². The first-order valence-electron chi connectivity index (χ1n) is 12.9. The predicted octanol–water partition coefficient (Wildman–Crippen LogP) is 4.78. The largest absolute Gasteiger partial charge is 0.490 e. The molecule has 0 atom stereocenters. The third-order valence-corrected chi connectivity index (χ3v) is 6.39. The van der Waals surface area contributed by atoms with Crippen LogP contribution in [0.25, 0.3) is 5.65 Å². The Morgan fingerprint density at radius 1 is 1.05 bits per heavy atom. The summed E-state index contributed by atoms with van der Waals surface area (Å²) in [5.74, 6) is -1.37. The van der Waals surface area contributed by atoms with E-state index in [2.05, 4.69) is 10.3 Å². The van der Waals surface area contributed by atoms with Crippen molar-refractivity contribution >= 4 is 23.2 Å². The van der Waals surface area contributed by atoms with E-state index in [1.807, 2.05) is 36.7 Å². The van der Waals surface area contributed by atoms with Gasteiger partial charge in [0.05, 0.1) is 11.8 Å². The van der Waals surface area contributed by atoms with Crippen LogP contribution in [0.2, 0.25) is 0 Å². The number of nitrogens with zero attached hydrogens (tertiary/aromatic N) is 3. The number of nitrogens with one attached hydrogen (secondary N) is 1. The van der Waals surface area contributed by atoms with Crippen LogP contribution in [-0.4, -0.2) is 70.1 Å². The van der Waals surface area contributed by atoms with Gasteiger partial charge in [0.1, 0.15) is 23.3 Å². The van der Waals surface area contributed by atoms with Crippen LogP contribution in [0.5, 0.6) is 5.75 Å². The van der Waals surface area contributed by atoms with Crippen molar-refractivity contribution in [1.82, 2.24) is 14.4 Å². The highest BCUT2D eigenvalue weighted by molar-refractivity contribution is 6.03. The van der Waals surface area contributed by atoms with E-state index in [0.717, 1.165) is 50.2 Å². The van der Waals surface area contributed by atoms with Gasteiger partial charge in [-0.2, -0.15) is 13.2 Å². The standard InChI is InChI=1S/C24H30N4O5.C2HF3O2/c1-15(2)33-21-11-22-25-18(16-3-7-30-8-4-16)12-28(22)13-19(21)26-23(29)20-14-32-24(27-20)17-5-9-31-10-6-17;3-2(4,5)1(6)7/h11-17H,3-10H2,1-2H3,(H,26,29);(H,6,7). The molecule has 0 radical (unpaired) electrons. The van der Waals surface area contributed by atoms with Gasteiger partial charge in [0.15, 0.2) is 11.6 Å². The normalized spacial score (nSPS) is 16.9. The number of carbonyl (C=O) groups excluding carboxylic acids is 1. The lowest BCUT2D eigenvalue weighted by Crippen LogP contribution is -2.21. The van der Waals surface area contributed by atoms with Gasteiger partial charge in [0, 0.05) is 56.7 Å². The minimum Gasteiger partial charge on any atom is -0.489 e. The summed E-state index contributed by atoms with van der Waals surface area (Å²) in [6, 6.07) is 1.87. The number of imidazole rings is 1. The zero-order valence-corrected chi connectivity index (χ0v) is 22.1. The number of hydrogen-bond acceptors (Lipinski definition) is 8. The molecule has 14 heteroatoms. The second-order valence-electron chi connectivity index (χ2n) is 9.75. The van der Waals surface area contributed by atoms with Gasteiger partial charge in [-0.25, -0.2) is 14.8 Å². The monoisotopic (exact) mass is 568 g/mol. The molecule has 218 valence electrons. The van der Waals surface area contributed by atoms with Crippen molar-refractivity contribution in [2.24, 2.45) is 0 Å². The van der Waals surface area contributed by atoms with E-state index in [9.17, 15) is 18.0 Å². The molecule has 5 rings (SSSR count). The molecule has 0 unspecified atom stereocenters. The van der Waals surface area contributed by atoms with Crippen molar-refractivity contribution in [2.75, 3.05) is 31.7 Å². The summed E-state index contributed by atoms with van der Waals surface area (Å²) >= 11 is 0. The molecule has 0 saturated carbocycles. The quantitative estimate of drug-likeness (QED) is 0.430. The molecule has 5 heterocycles. The molecule has 3 aromatic heterocycles. The molecule has 2 aliphatic rings. The smallest absolute Gasteiger partial charge is 0.489 e. The minimum absolute atomic E-state index is 0.0554. The number of hydrogen-bond donors (Lipinski definition) is 2. The average molecular weight is 569 g/mol. The first kappa shape index (κ1) is 29.3. The molecule has 2 N–H and O–H groups in total. The maximum absolute atomic E-state index is 13.0. The van der Waals surface area contributed by atoms with Crippen LogP contribution in [0.4, 0.5) is 18.9 Å². The average Bonchev–Trinajstić information content (AvgIpc) is 3.57. The topological polar surface area (TPSA) is 137 Å². The Bertz CT molecular complexity index is 1310. The Morgan fingerprint density at radius 3 is 2.23 bits per heavy atom. The van der Waals surface area contributed by atoms with Gasteiger partial charge in [0.2, 0.25) is 0 Å². The number of aromatic nitrogens is 3. The third kappa shape index (κ3) is 7.50. The summed E-state index contributed by atoms with van der Waals surface area (Å²) in [5, 5.41) is 10.1. The molecule has 1 amide bonds. The number of anilines is 1. The number of carboxylic acids is 1. The second kappa shape index (κ2) is 12.7. The van der Waals surface area contributed by atoms with E-state index in [4.69, 9.17) is 33.5 Å². The lowest BCUT2D eigenvalue weighted by atomic mass is 9.97. The van der Waals surface area contributed by atoms with Gasteiger partial charge < -0.3 is 33.5 Å². The van der Waals surface area contributed by atoms with Gasteiger partial charge in [0.25, 0.3) is 5.91 Å². The lowest BCUT2D eigenvalue weighted by Gasteiger charge is -2.19. The van der Waals surface area contributed by atoms with Gasteiger partial charge >= 0.3 is 12.1 Å². The number of oxazole rings is 1. The maximum atomic E-state index is 13.0. The molecule has 3 aromatic rings. The summed E-state index contributed by atoms with van der Waals surface area (Å²) in [5.41, 5.74) is 2.64. The fourth-order valence-electron chi connectivity index (χ4n) is 4.38. The number of fused-ring (bicyclic) bond motifs is 1. The first-order valence-corrected chi connectivity index (χ1v) is 12.9. The van der Waals surface area contributed by atoms with Crippen LogP contribution >= 0.6 is 0 Å². The molecule has 2 fully saturated rings. The van der Waals surface area contributed by atoms with E-state index in [1.54, 1.807) is 0 Å². The predicted molar refractivity (Wildman–Crippen MR) is 135 cm³/mol. The van der Waals surface area contributed by atoms with Gasteiger partial charge in [-0.05, 0) is 39.5 Å². The minimum atomic E-state index is -5.08. The van der Waals surface area contributed by atoms with Crippen LogP contribution in [0.15, 0.2) is 29.1 Å². The summed E-state index contributed by atoms with van der Waals surface area (Å²) in [6.07, 6.45) is 3.78. The lowest BCUT2D eigenvalue weighted by molar-refractivity contribution is -0.192. The number of rotatable bonds is 6. The highest BCUT2D eigenvalue weighted by Crippen LogP contribution is 2.32. The number of alkyl halides is 3. The van der Waals surface area contributed by atoms with E-state index >= 15 is 0 Å². The fourth-order valence-corrected chi connectivity index (χ4v) is 4.38. The zero-order chi connectivity index (χ0) is 28.9. The zero-order valence-electron chi connectivity index (χ0n) is 22.1. The van der Waals surface area contributed by atoms with Gasteiger partial charge in [-0.3, -0.25) is 4.79 Å². The van der Waals surface area contributed by atoms with Crippen molar-refractivity contribution in [1.29, 1.82) is 0 Å². The number of amides is 1. The van der Waals surface area contributed by atoms with Crippen molar-refractivity contribution in [2.45, 2.75) is 63.6 Å². The van der Waals surface area contributed by atoms with Crippen LogP contribution in [0, 0.1) is 0 Å². The summed E-state index contributed by atoms with van der Waals surface area (Å²) < 4.78 is 56.2. The Hall–Kier alpha value is -3.65. The number of halogens is 3. The highest BCUT2D eigenvalue weighted by atomic mass is 19.4. The fraction of sp³-hybridized carbons (Fsp3) is 0.538. The Balaban J connectivity index is 0.000000470. The van der Waals surface area contributed by atoms with Crippen molar-refractivity contribution in [3.8, 4) is 5.75 Å². The number of pyridine rings is 1. The van der Waals surface area contributed by atoms with Crippen molar-refractivity contribution < 1.29 is 46.5 Å². The maximum Gasteiger partial charge on any atom is 0.490 e. The summed E-state index contributed by atoms with van der Waals surface area (Å²) in [7, 11) is 0. The van der Waals surface area contributed by atoms with Gasteiger partial charge in [-0.15, -0.1) is 0 Å². The molecule has 0 aliphatic carbocycles. The highest BCUT2D eigenvalue weighted by Gasteiger charge is 2.38. The molecule has 40 heavy (non-hydrogen) atoms. The summed E-state index contributed by atoms with van der Waals surface area (Å²) in [4.78, 5) is 31.1. The van der Waals surface area contributed by atoms with Crippen LogP contribution in [0.1, 0.15) is 73.4 Å². The molecule has 11 nitrogen and oxygen atoms in total. The van der Waals surface area contributed by atoms with Crippen molar-refractivity contribution in [3.63, 3.8) is 0 Å². The number of carboxylic acid groups (broad SMARTS) is 1. The second-order valence-corrected chi connectivity index (χ2v) is 9.75. The SMILES string of the molecule is CC(C)Oc1cc2nc(C3CCOCC3)cn2cc1NC(=O)c1coc(C2CCOCC2)n1.O=C(O)C(F)(F)F. The number of carbonyl (C=O) groups is 2. The molecule has 0 aromatic carbocycles. The van der Waals surface area contributed by atoms with E-state index in [1.165, 1.54) is 6.26 Å². The van der Waals surface area contributed by atoms with Crippen LogP contribution in [-0.2, 0) is 14.3 Å². The molecule has 2 saturated heterocycles. The van der Waals surface area contributed by atoms with Crippen LogP contribution < -0.4 is 10.1 Å². The van der Waals surface area contributed by atoms with Gasteiger partial charge in [-0.1, -0.05) is 0 Å². The summed E-state index contributed by atoms with van der Waals surface area (Å²) in [6.45, 7) is 6.79. The molecular formula is C26H31F3N4O7.